The smallest absolute Gasteiger partial charge is 0.305 e. The Kier molecular flexibility index (Phi) is 5.65. The van der Waals surface area contributed by atoms with Crippen molar-refractivity contribution < 1.29 is 19.7 Å². The quantitative estimate of drug-likeness (QED) is 0.540. The third-order valence-electron chi connectivity index (χ3n) is 10.1. The fourth-order valence-corrected chi connectivity index (χ4v) is 8.38. The van der Waals surface area contributed by atoms with Crippen LogP contribution >= 0.6 is 0 Å². The Hall–Kier alpha value is -0.870. The number of carbonyl (C=O) groups excluding carboxylic acids is 1. The summed E-state index contributed by atoms with van der Waals surface area (Å²) in [7, 11) is 1.45. The minimum absolute atomic E-state index is 0.146. The predicted octanol–water partition coefficient (Wildman–Crippen LogP) is 4.34. The van der Waals surface area contributed by atoms with E-state index in [9.17, 15) is 15.0 Å². The van der Waals surface area contributed by atoms with E-state index in [2.05, 4.69) is 32.9 Å². The van der Waals surface area contributed by atoms with Gasteiger partial charge in [-0.05, 0) is 91.3 Å². The molecular formula is C25H40O4. The molecule has 10 unspecified atom stereocenters. The normalized spacial score (nSPS) is 49.7. The number of aliphatic hydroxyl groups excluding tert-OH is 2. The van der Waals surface area contributed by atoms with Crippen LogP contribution in [0.4, 0.5) is 0 Å². The minimum Gasteiger partial charge on any atom is -0.469 e. The van der Waals surface area contributed by atoms with Gasteiger partial charge in [0.15, 0.2) is 0 Å². The molecule has 0 amide bonds. The number of hydrogen-bond acceptors (Lipinski definition) is 4. The second-order valence-corrected chi connectivity index (χ2v) is 11.1. The minimum atomic E-state index is -0.324. The molecule has 0 bridgehead atoms. The van der Waals surface area contributed by atoms with Gasteiger partial charge in [0.05, 0.1) is 19.3 Å². The monoisotopic (exact) mass is 404 g/mol. The third-order valence-corrected chi connectivity index (χ3v) is 10.1. The molecule has 0 radical (unpaired) electrons. The average Bonchev–Trinajstić information content (AvgIpc) is 3.05. The molecule has 164 valence electrons. The number of aliphatic hydroxyl groups is 2. The molecule has 4 heteroatoms. The van der Waals surface area contributed by atoms with Gasteiger partial charge in [0.2, 0.25) is 0 Å². The highest BCUT2D eigenvalue weighted by Gasteiger charge is 2.65. The molecule has 0 heterocycles. The molecule has 3 fully saturated rings. The molecule has 29 heavy (non-hydrogen) atoms. The van der Waals surface area contributed by atoms with Crippen molar-refractivity contribution in [2.24, 2.45) is 46.3 Å². The first-order chi connectivity index (χ1) is 13.7. The van der Waals surface area contributed by atoms with Crippen LogP contribution in [0.3, 0.4) is 0 Å². The SMILES string of the molecule is COC(=O)CCC(C)C1CCC2C3C(O)CC4CC=CCC4(C)C3CC(O)C12C. The Morgan fingerprint density at radius 3 is 2.66 bits per heavy atom. The molecule has 3 saturated carbocycles. The first-order valence-electron chi connectivity index (χ1n) is 11.8. The second kappa shape index (κ2) is 7.67. The highest BCUT2D eigenvalue weighted by molar-refractivity contribution is 5.69. The van der Waals surface area contributed by atoms with Crippen molar-refractivity contribution in [2.75, 3.05) is 7.11 Å². The average molecular weight is 405 g/mol. The molecule has 0 aromatic carbocycles. The highest BCUT2D eigenvalue weighted by atomic mass is 16.5. The van der Waals surface area contributed by atoms with E-state index >= 15 is 0 Å². The number of esters is 1. The summed E-state index contributed by atoms with van der Waals surface area (Å²) in [6.07, 6.45) is 11.4. The maximum atomic E-state index is 11.6. The van der Waals surface area contributed by atoms with Crippen LogP contribution in [0.15, 0.2) is 12.2 Å². The number of carbonyl (C=O) groups is 1. The maximum Gasteiger partial charge on any atom is 0.305 e. The second-order valence-electron chi connectivity index (χ2n) is 11.1. The zero-order valence-electron chi connectivity index (χ0n) is 18.6. The molecule has 10 atom stereocenters. The zero-order valence-corrected chi connectivity index (χ0v) is 18.6. The zero-order chi connectivity index (χ0) is 21.0. The van der Waals surface area contributed by atoms with E-state index in [0.29, 0.717) is 41.9 Å². The molecule has 2 N–H and O–H groups in total. The van der Waals surface area contributed by atoms with Crippen molar-refractivity contribution in [1.29, 1.82) is 0 Å². The van der Waals surface area contributed by atoms with Crippen LogP contribution in [0.1, 0.15) is 72.1 Å². The van der Waals surface area contributed by atoms with E-state index in [1.165, 1.54) is 7.11 Å². The van der Waals surface area contributed by atoms with Crippen LogP contribution in [0.2, 0.25) is 0 Å². The highest BCUT2D eigenvalue weighted by Crippen LogP contribution is 2.67. The summed E-state index contributed by atoms with van der Waals surface area (Å²) in [5, 5.41) is 22.8. The molecular weight excluding hydrogens is 364 g/mol. The van der Waals surface area contributed by atoms with E-state index in [1.54, 1.807) is 0 Å². The van der Waals surface area contributed by atoms with E-state index < -0.39 is 0 Å². The lowest BCUT2D eigenvalue weighted by atomic mass is 9.43. The summed E-state index contributed by atoms with van der Waals surface area (Å²) < 4.78 is 4.84. The van der Waals surface area contributed by atoms with Gasteiger partial charge in [-0.1, -0.05) is 32.9 Å². The van der Waals surface area contributed by atoms with Gasteiger partial charge in [-0.3, -0.25) is 4.79 Å². The van der Waals surface area contributed by atoms with Gasteiger partial charge in [0.25, 0.3) is 0 Å². The molecule has 4 nitrogen and oxygen atoms in total. The number of ether oxygens (including phenoxy) is 1. The molecule has 4 rings (SSSR count). The Morgan fingerprint density at radius 1 is 1.17 bits per heavy atom. The predicted molar refractivity (Wildman–Crippen MR) is 113 cm³/mol. The summed E-state index contributed by atoms with van der Waals surface area (Å²) in [6, 6.07) is 0. The standard InChI is InChI=1S/C25H40O4/c1-15(8-11-22(28)29-4)17-9-10-18-23-19(14-21(27)25(17,18)3)24(2)12-6-5-7-16(24)13-20(23)26/h5-6,15-21,23,26-27H,7-14H2,1-4H3. The van der Waals surface area contributed by atoms with Crippen molar-refractivity contribution in [1.82, 2.24) is 0 Å². The van der Waals surface area contributed by atoms with Gasteiger partial charge in [0.1, 0.15) is 0 Å². The van der Waals surface area contributed by atoms with Gasteiger partial charge in [0, 0.05) is 6.42 Å². The summed E-state index contributed by atoms with van der Waals surface area (Å²) in [5.41, 5.74) is 0.0426. The van der Waals surface area contributed by atoms with Gasteiger partial charge < -0.3 is 14.9 Å². The van der Waals surface area contributed by atoms with Crippen molar-refractivity contribution in [3.05, 3.63) is 12.2 Å². The van der Waals surface area contributed by atoms with Crippen molar-refractivity contribution in [2.45, 2.75) is 84.3 Å². The van der Waals surface area contributed by atoms with Crippen LogP contribution in [-0.2, 0) is 9.53 Å². The van der Waals surface area contributed by atoms with E-state index in [1.807, 2.05) is 0 Å². The Bertz CT molecular complexity index is 659. The molecule has 0 aliphatic heterocycles. The lowest BCUT2D eigenvalue weighted by Crippen LogP contribution is -2.61. The molecule has 0 aromatic heterocycles. The molecule has 0 saturated heterocycles. The van der Waals surface area contributed by atoms with Crippen LogP contribution in [-0.4, -0.2) is 35.5 Å². The van der Waals surface area contributed by atoms with Gasteiger partial charge >= 0.3 is 5.97 Å². The molecule has 0 aromatic rings. The number of allylic oxidation sites excluding steroid dienone is 2. The molecule has 0 spiro atoms. The van der Waals surface area contributed by atoms with Crippen molar-refractivity contribution in [3.63, 3.8) is 0 Å². The topological polar surface area (TPSA) is 66.8 Å². The summed E-state index contributed by atoms with van der Waals surface area (Å²) in [5.74, 6) is 2.24. The van der Waals surface area contributed by atoms with E-state index in [-0.39, 0.29) is 29.0 Å². The summed E-state index contributed by atoms with van der Waals surface area (Å²) >= 11 is 0. The lowest BCUT2D eigenvalue weighted by molar-refractivity contribution is -0.194. The third kappa shape index (κ3) is 3.20. The summed E-state index contributed by atoms with van der Waals surface area (Å²) in [6.45, 7) is 6.94. The Labute approximate surface area is 176 Å². The number of rotatable bonds is 4. The first-order valence-corrected chi connectivity index (χ1v) is 11.8. The van der Waals surface area contributed by atoms with Crippen molar-refractivity contribution in [3.8, 4) is 0 Å². The fraction of sp³-hybridized carbons (Fsp3) is 0.880. The first kappa shape index (κ1) is 21.4. The van der Waals surface area contributed by atoms with E-state index in [4.69, 9.17) is 4.74 Å². The van der Waals surface area contributed by atoms with Gasteiger partial charge in [-0.15, -0.1) is 0 Å². The van der Waals surface area contributed by atoms with Crippen LogP contribution in [0, 0.1) is 46.3 Å². The molecule has 4 aliphatic rings. The lowest BCUT2D eigenvalue weighted by Gasteiger charge is -2.62. The van der Waals surface area contributed by atoms with Gasteiger partial charge in [-0.2, -0.15) is 0 Å². The fourth-order valence-electron chi connectivity index (χ4n) is 8.38. The van der Waals surface area contributed by atoms with Crippen LogP contribution in [0.25, 0.3) is 0 Å². The number of fused-ring (bicyclic) bond motifs is 5. The number of methoxy groups -OCH3 is 1. The molecule has 4 aliphatic carbocycles. The van der Waals surface area contributed by atoms with Crippen LogP contribution in [0.5, 0.6) is 0 Å². The number of hydrogen-bond donors (Lipinski definition) is 2. The van der Waals surface area contributed by atoms with Crippen molar-refractivity contribution >= 4 is 5.97 Å². The Morgan fingerprint density at radius 2 is 1.93 bits per heavy atom. The summed E-state index contributed by atoms with van der Waals surface area (Å²) in [4.78, 5) is 11.6. The largest absolute Gasteiger partial charge is 0.469 e. The maximum absolute atomic E-state index is 11.6. The Balaban J connectivity index is 1.59. The van der Waals surface area contributed by atoms with E-state index in [0.717, 1.165) is 44.9 Å². The van der Waals surface area contributed by atoms with Gasteiger partial charge in [-0.25, -0.2) is 0 Å². The van der Waals surface area contributed by atoms with Crippen LogP contribution < -0.4 is 0 Å².